The Hall–Kier alpha value is -2.28. The van der Waals surface area contributed by atoms with Gasteiger partial charge >= 0.3 is 5.63 Å². The van der Waals surface area contributed by atoms with Crippen LogP contribution in [0.5, 0.6) is 0 Å². The first-order valence-corrected chi connectivity index (χ1v) is 5.35. The summed E-state index contributed by atoms with van der Waals surface area (Å²) in [6.07, 6.45) is 0. The molecule has 19 heavy (non-hydrogen) atoms. The van der Waals surface area contributed by atoms with E-state index in [1.165, 1.54) is 0 Å². The maximum absolute atomic E-state index is 13.5. The number of amides is 1. The van der Waals surface area contributed by atoms with Gasteiger partial charge in [0.25, 0.3) is 5.91 Å². The molecule has 0 saturated heterocycles. The van der Waals surface area contributed by atoms with Crippen LogP contribution in [0.25, 0.3) is 11.0 Å². The molecule has 0 saturated carbocycles. The van der Waals surface area contributed by atoms with Crippen molar-refractivity contribution in [2.45, 2.75) is 0 Å². The first kappa shape index (κ1) is 13.2. The Morgan fingerprint density at radius 3 is 2.74 bits per heavy atom. The van der Waals surface area contributed by atoms with Crippen molar-refractivity contribution in [3.05, 3.63) is 45.8 Å². The van der Waals surface area contributed by atoms with Gasteiger partial charge in [-0.25, -0.2) is 13.6 Å². The first-order chi connectivity index (χ1) is 9.02. The number of fused-ring (bicyclic) bond motifs is 1. The molecule has 0 aliphatic carbocycles. The van der Waals surface area contributed by atoms with Crippen molar-refractivity contribution in [2.75, 3.05) is 13.2 Å². The smallest absolute Gasteiger partial charge is 0.349 e. The molecule has 100 valence electrons. The Kier molecular flexibility index (Phi) is 3.57. The first-order valence-electron chi connectivity index (χ1n) is 5.35. The average Bonchev–Trinajstić information content (AvgIpc) is 2.34. The highest BCUT2D eigenvalue weighted by atomic mass is 19.1. The SMILES string of the molecule is O=C(NCCO)c1cc2c(F)cc(F)cc2oc1=O. The second-order valence-electron chi connectivity index (χ2n) is 3.73. The molecule has 0 unspecified atom stereocenters. The molecule has 1 amide bonds. The molecule has 1 heterocycles. The van der Waals surface area contributed by atoms with Crippen LogP contribution in [0.15, 0.2) is 27.4 Å². The van der Waals surface area contributed by atoms with Crippen molar-refractivity contribution in [3.63, 3.8) is 0 Å². The third-order valence-electron chi connectivity index (χ3n) is 2.41. The zero-order valence-corrected chi connectivity index (χ0v) is 9.57. The van der Waals surface area contributed by atoms with Crippen LogP contribution in [-0.4, -0.2) is 24.2 Å². The molecule has 2 N–H and O–H groups in total. The lowest BCUT2D eigenvalue weighted by atomic mass is 10.1. The summed E-state index contributed by atoms with van der Waals surface area (Å²) in [5.41, 5.74) is -1.69. The van der Waals surface area contributed by atoms with Crippen molar-refractivity contribution in [1.82, 2.24) is 5.32 Å². The summed E-state index contributed by atoms with van der Waals surface area (Å²) in [5, 5.41) is 10.6. The lowest BCUT2D eigenvalue weighted by molar-refractivity contribution is 0.0941. The number of aliphatic hydroxyl groups excluding tert-OH is 1. The number of halogens is 2. The van der Waals surface area contributed by atoms with E-state index in [0.717, 1.165) is 12.1 Å². The van der Waals surface area contributed by atoms with Gasteiger partial charge in [0.05, 0.1) is 12.0 Å². The van der Waals surface area contributed by atoms with Gasteiger partial charge in [0.2, 0.25) is 0 Å². The van der Waals surface area contributed by atoms with Gasteiger partial charge in [-0.15, -0.1) is 0 Å². The van der Waals surface area contributed by atoms with Gasteiger partial charge in [0.15, 0.2) is 0 Å². The fraction of sp³-hybridized carbons (Fsp3) is 0.167. The van der Waals surface area contributed by atoms with E-state index in [9.17, 15) is 18.4 Å². The Morgan fingerprint density at radius 1 is 1.32 bits per heavy atom. The van der Waals surface area contributed by atoms with Gasteiger partial charge in [-0.3, -0.25) is 4.79 Å². The van der Waals surface area contributed by atoms with Crippen LogP contribution in [0, 0.1) is 11.6 Å². The Bertz CT molecular complexity index is 696. The van der Waals surface area contributed by atoms with Crippen LogP contribution in [0.3, 0.4) is 0 Å². The predicted molar refractivity (Wildman–Crippen MR) is 61.8 cm³/mol. The average molecular weight is 269 g/mol. The molecule has 0 radical (unpaired) electrons. The van der Waals surface area contributed by atoms with Crippen LogP contribution in [0.4, 0.5) is 8.78 Å². The van der Waals surface area contributed by atoms with Gasteiger partial charge in [0.1, 0.15) is 22.8 Å². The Morgan fingerprint density at radius 2 is 2.05 bits per heavy atom. The number of carbonyl (C=O) groups excluding carboxylic acids is 1. The molecule has 2 aromatic rings. The number of nitrogens with one attached hydrogen (secondary N) is 1. The lowest BCUT2D eigenvalue weighted by Gasteiger charge is -2.04. The van der Waals surface area contributed by atoms with Crippen LogP contribution < -0.4 is 10.9 Å². The topological polar surface area (TPSA) is 79.5 Å². The maximum atomic E-state index is 13.5. The molecule has 0 aliphatic rings. The fourth-order valence-corrected chi connectivity index (χ4v) is 1.57. The molecule has 7 heteroatoms. The van der Waals surface area contributed by atoms with E-state index in [-0.39, 0.29) is 24.1 Å². The highest BCUT2D eigenvalue weighted by Crippen LogP contribution is 2.19. The highest BCUT2D eigenvalue weighted by molar-refractivity contribution is 5.96. The standard InChI is InChI=1S/C12H9F2NO4/c13-6-3-9(14)7-5-8(11(17)15-1-2-16)12(18)19-10(7)4-6/h3-5,16H,1-2H2,(H,15,17). The minimum atomic E-state index is -1.01. The van der Waals surface area contributed by atoms with Crippen molar-refractivity contribution < 1.29 is 23.1 Å². The molecule has 5 nitrogen and oxygen atoms in total. The van der Waals surface area contributed by atoms with E-state index in [1.54, 1.807) is 0 Å². The number of carbonyl (C=O) groups is 1. The molecule has 0 bridgehead atoms. The highest BCUT2D eigenvalue weighted by Gasteiger charge is 2.15. The summed E-state index contributed by atoms with van der Waals surface area (Å²) in [7, 11) is 0. The molecule has 0 spiro atoms. The normalized spacial score (nSPS) is 10.7. The zero-order chi connectivity index (χ0) is 14.0. The van der Waals surface area contributed by atoms with Crippen molar-refractivity contribution >= 4 is 16.9 Å². The number of hydrogen-bond acceptors (Lipinski definition) is 4. The second kappa shape index (κ2) is 5.15. The summed E-state index contributed by atoms with van der Waals surface area (Å²) in [6, 6.07) is 2.47. The van der Waals surface area contributed by atoms with Crippen LogP contribution in [0.1, 0.15) is 10.4 Å². The van der Waals surface area contributed by atoms with E-state index in [0.29, 0.717) is 6.07 Å². The summed E-state index contributed by atoms with van der Waals surface area (Å²) < 4.78 is 31.1. The largest absolute Gasteiger partial charge is 0.422 e. The van der Waals surface area contributed by atoms with Gasteiger partial charge in [-0.2, -0.15) is 0 Å². The molecule has 2 rings (SSSR count). The molecular weight excluding hydrogens is 260 g/mol. The van der Waals surface area contributed by atoms with Gasteiger partial charge in [-0.1, -0.05) is 0 Å². The van der Waals surface area contributed by atoms with E-state index in [4.69, 9.17) is 9.52 Å². The number of aliphatic hydroxyl groups is 1. The van der Waals surface area contributed by atoms with Gasteiger partial charge in [-0.05, 0) is 6.07 Å². The van der Waals surface area contributed by atoms with Crippen molar-refractivity contribution in [2.24, 2.45) is 0 Å². The summed E-state index contributed by atoms with van der Waals surface area (Å²) >= 11 is 0. The third kappa shape index (κ3) is 2.60. The maximum Gasteiger partial charge on any atom is 0.349 e. The van der Waals surface area contributed by atoms with Gasteiger partial charge in [0, 0.05) is 18.7 Å². The van der Waals surface area contributed by atoms with Gasteiger partial charge < -0.3 is 14.8 Å². The molecule has 0 aliphatic heterocycles. The monoisotopic (exact) mass is 269 g/mol. The summed E-state index contributed by atoms with van der Waals surface area (Å²) in [6.45, 7) is -0.355. The number of hydrogen-bond donors (Lipinski definition) is 2. The quantitative estimate of drug-likeness (QED) is 0.807. The minimum absolute atomic E-state index is 0.0534. The Balaban J connectivity index is 2.55. The van der Waals surface area contributed by atoms with Crippen LogP contribution in [-0.2, 0) is 0 Å². The Labute approximate surface area is 105 Å². The van der Waals surface area contributed by atoms with Crippen molar-refractivity contribution in [3.8, 4) is 0 Å². The molecule has 0 fully saturated rings. The third-order valence-corrected chi connectivity index (χ3v) is 2.41. The van der Waals surface area contributed by atoms with E-state index in [1.807, 2.05) is 0 Å². The number of benzene rings is 1. The van der Waals surface area contributed by atoms with Crippen molar-refractivity contribution in [1.29, 1.82) is 0 Å². The predicted octanol–water partition coefficient (Wildman–Crippen LogP) is 0.793. The molecular formula is C12H9F2NO4. The number of rotatable bonds is 3. The lowest BCUT2D eigenvalue weighted by Crippen LogP contribution is -2.30. The van der Waals surface area contributed by atoms with Crippen LogP contribution >= 0.6 is 0 Å². The summed E-state index contributed by atoms with van der Waals surface area (Å²) in [5.74, 6) is -2.62. The second-order valence-corrected chi connectivity index (χ2v) is 3.73. The van der Waals surface area contributed by atoms with E-state index < -0.39 is 28.7 Å². The fourth-order valence-electron chi connectivity index (χ4n) is 1.57. The van der Waals surface area contributed by atoms with E-state index in [2.05, 4.69) is 5.32 Å². The molecule has 0 atom stereocenters. The van der Waals surface area contributed by atoms with E-state index >= 15 is 0 Å². The zero-order valence-electron chi connectivity index (χ0n) is 9.57. The molecule has 1 aromatic heterocycles. The summed E-state index contributed by atoms with van der Waals surface area (Å²) in [4.78, 5) is 23.1. The minimum Gasteiger partial charge on any atom is -0.422 e. The molecule has 1 aromatic carbocycles. The van der Waals surface area contributed by atoms with Crippen LogP contribution in [0.2, 0.25) is 0 Å².